The van der Waals surface area contributed by atoms with E-state index in [-0.39, 0.29) is 16.9 Å². The maximum absolute atomic E-state index is 13.6. The summed E-state index contributed by atoms with van der Waals surface area (Å²) in [6.07, 6.45) is 2.65. The molecular weight excluding hydrogens is 520 g/mol. The van der Waals surface area contributed by atoms with Crippen LogP contribution in [0.25, 0.3) is 10.9 Å². The van der Waals surface area contributed by atoms with Crippen molar-refractivity contribution in [3.8, 4) is 17.4 Å². The number of methoxy groups -OCH3 is 1. The van der Waals surface area contributed by atoms with E-state index in [2.05, 4.69) is 25.3 Å². The third-order valence-corrected chi connectivity index (χ3v) is 6.61. The Morgan fingerprint density at radius 3 is 2.44 bits per heavy atom. The minimum absolute atomic E-state index is 0.202. The average Bonchev–Trinajstić information content (AvgIpc) is 3.20. The molecule has 0 unspecified atom stereocenters. The van der Waals surface area contributed by atoms with Crippen LogP contribution in [0.4, 0.5) is 17.3 Å². The highest BCUT2D eigenvalue weighted by atomic mass is 32.2. The molecule has 12 heteroatoms. The SMILES string of the molecule is CNc1nccc(Oc2cccc3cc(C(=O)Nc4cc(C(C)(C)C)cc(NS(C)(=O)=O)c4OC)n(C)c23)n1. The van der Waals surface area contributed by atoms with Crippen molar-refractivity contribution in [2.45, 2.75) is 26.2 Å². The molecule has 0 spiro atoms. The fourth-order valence-corrected chi connectivity index (χ4v) is 4.70. The number of carbonyl (C=O) groups excluding carboxylic acids is 1. The molecule has 2 aromatic carbocycles. The van der Waals surface area contributed by atoms with Gasteiger partial charge in [-0.2, -0.15) is 4.98 Å². The number of hydrogen-bond donors (Lipinski definition) is 3. The molecular formula is C27H32N6O5S. The van der Waals surface area contributed by atoms with Gasteiger partial charge in [-0.3, -0.25) is 9.52 Å². The van der Waals surface area contributed by atoms with Gasteiger partial charge in [-0.05, 0) is 35.2 Å². The lowest BCUT2D eigenvalue weighted by molar-refractivity contribution is 0.101. The molecule has 0 saturated heterocycles. The number of rotatable bonds is 8. The Morgan fingerprint density at radius 1 is 1.08 bits per heavy atom. The minimum Gasteiger partial charge on any atom is -0.492 e. The molecule has 0 saturated carbocycles. The zero-order chi connectivity index (χ0) is 28.5. The summed E-state index contributed by atoms with van der Waals surface area (Å²) in [7, 11) is 1.30. The van der Waals surface area contributed by atoms with Crippen LogP contribution in [0.5, 0.6) is 17.4 Å². The Kier molecular flexibility index (Phi) is 7.42. The van der Waals surface area contributed by atoms with Crippen molar-refractivity contribution >= 4 is 44.2 Å². The number of para-hydroxylation sites is 1. The van der Waals surface area contributed by atoms with Crippen LogP contribution >= 0.6 is 0 Å². The fraction of sp³-hybridized carbons (Fsp3) is 0.296. The molecule has 11 nitrogen and oxygen atoms in total. The maximum atomic E-state index is 13.6. The summed E-state index contributed by atoms with van der Waals surface area (Å²) in [5.41, 5.74) is 2.11. The minimum atomic E-state index is -3.60. The molecule has 0 aliphatic carbocycles. The van der Waals surface area contributed by atoms with Crippen LogP contribution in [-0.4, -0.2) is 49.3 Å². The lowest BCUT2D eigenvalue weighted by atomic mass is 9.86. The summed E-state index contributed by atoms with van der Waals surface area (Å²) >= 11 is 0. The third-order valence-electron chi connectivity index (χ3n) is 6.02. The highest BCUT2D eigenvalue weighted by Gasteiger charge is 2.24. The first-order valence-electron chi connectivity index (χ1n) is 12.1. The molecule has 3 N–H and O–H groups in total. The molecule has 0 atom stereocenters. The van der Waals surface area contributed by atoms with Gasteiger partial charge in [-0.15, -0.1) is 0 Å². The van der Waals surface area contributed by atoms with Crippen molar-refractivity contribution in [1.82, 2.24) is 14.5 Å². The van der Waals surface area contributed by atoms with E-state index in [1.165, 1.54) is 7.11 Å². The quantitative estimate of drug-likeness (QED) is 0.285. The molecule has 206 valence electrons. The molecule has 2 aromatic heterocycles. The van der Waals surface area contributed by atoms with Gasteiger partial charge in [0.15, 0.2) is 11.5 Å². The van der Waals surface area contributed by atoms with Crippen molar-refractivity contribution in [3.63, 3.8) is 0 Å². The normalized spacial score (nSPS) is 11.8. The number of anilines is 3. The molecule has 0 aliphatic heterocycles. The van der Waals surface area contributed by atoms with Gasteiger partial charge < -0.3 is 24.7 Å². The zero-order valence-corrected chi connectivity index (χ0v) is 23.7. The zero-order valence-electron chi connectivity index (χ0n) is 22.9. The van der Waals surface area contributed by atoms with Crippen LogP contribution in [0, 0.1) is 0 Å². The molecule has 0 radical (unpaired) electrons. The molecule has 39 heavy (non-hydrogen) atoms. The van der Waals surface area contributed by atoms with Gasteiger partial charge >= 0.3 is 0 Å². The summed E-state index contributed by atoms with van der Waals surface area (Å²) in [4.78, 5) is 22.0. The van der Waals surface area contributed by atoms with Crippen LogP contribution < -0.4 is 24.8 Å². The van der Waals surface area contributed by atoms with Gasteiger partial charge in [-0.1, -0.05) is 32.9 Å². The Balaban J connectivity index is 1.75. The molecule has 4 aromatic rings. The van der Waals surface area contributed by atoms with E-state index in [1.807, 2.05) is 32.9 Å². The predicted octanol–water partition coefficient (Wildman–Crippen LogP) is 4.73. The van der Waals surface area contributed by atoms with Gasteiger partial charge in [0.25, 0.3) is 5.91 Å². The number of benzene rings is 2. The average molecular weight is 553 g/mol. The first kappa shape index (κ1) is 27.7. The molecule has 1 amide bonds. The number of carbonyl (C=O) groups is 1. The molecule has 2 heterocycles. The molecule has 0 fully saturated rings. The third kappa shape index (κ3) is 6.06. The van der Waals surface area contributed by atoms with E-state index in [0.717, 1.165) is 17.2 Å². The first-order valence-corrected chi connectivity index (χ1v) is 14.0. The van der Waals surface area contributed by atoms with Gasteiger partial charge in [-0.25, -0.2) is 13.4 Å². The van der Waals surface area contributed by atoms with Crippen molar-refractivity contribution < 1.29 is 22.7 Å². The van der Waals surface area contributed by atoms with Gasteiger partial charge in [0, 0.05) is 31.7 Å². The number of nitrogens with zero attached hydrogens (tertiary/aromatic N) is 3. The van der Waals surface area contributed by atoms with Crippen LogP contribution in [0.1, 0.15) is 36.8 Å². The topological polar surface area (TPSA) is 136 Å². The number of fused-ring (bicyclic) bond motifs is 1. The predicted molar refractivity (Wildman–Crippen MR) is 153 cm³/mol. The van der Waals surface area contributed by atoms with E-state index in [4.69, 9.17) is 9.47 Å². The Morgan fingerprint density at radius 2 is 1.79 bits per heavy atom. The van der Waals surface area contributed by atoms with Crippen LogP contribution in [0.2, 0.25) is 0 Å². The monoisotopic (exact) mass is 552 g/mol. The number of sulfonamides is 1. The van der Waals surface area contributed by atoms with Gasteiger partial charge in [0.05, 0.1) is 30.3 Å². The summed E-state index contributed by atoms with van der Waals surface area (Å²) in [6, 6.07) is 12.4. The standard InChI is InChI=1S/C27H32N6O5S/c1-27(2,3)17-14-18(24(37-6)19(15-17)32-39(7,35)36)30-25(34)20-13-16-9-8-10-21(23(16)33(20)5)38-22-11-12-29-26(28-4)31-22/h8-15,32H,1-7H3,(H,30,34)(H,28,29,31). The van der Waals surface area contributed by atoms with E-state index < -0.39 is 15.9 Å². The van der Waals surface area contributed by atoms with Crippen molar-refractivity contribution in [1.29, 1.82) is 0 Å². The van der Waals surface area contributed by atoms with Crippen LogP contribution in [-0.2, 0) is 22.5 Å². The second-order valence-corrected chi connectivity index (χ2v) is 11.8. The Bertz CT molecular complexity index is 1660. The second-order valence-electron chi connectivity index (χ2n) is 10.0. The van der Waals surface area contributed by atoms with Crippen LogP contribution in [0.15, 0.2) is 48.7 Å². The fourth-order valence-electron chi connectivity index (χ4n) is 4.15. The molecule has 4 rings (SSSR count). The number of aromatic nitrogens is 3. The van der Waals surface area contributed by atoms with Crippen molar-refractivity contribution in [3.05, 3.63) is 59.9 Å². The van der Waals surface area contributed by atoms with E-state index >= 15 is 0 Å². The van der Waals surface area contributed by atoms with Gasteiger partial charge in [0.2, 0.25) is 21.9 Å². The van der Waals surface area contributed by atoms with E-state index in [0.29, 0.717) is 34.5 Å². The smallest absolute Gasteiger partial charge is 0.272 e. The van der Waals surface area contributed by atoms with Gasteiger partial charge in [0.1, 0.15) is 5.69 Å². The van der Waals surface area contributed by atoms with Crippen LogP contribution in [0.3, 0.4) is 0 Å². The summed E-state index contributed by atoms with van der Waals surface area (Å²) in [5, 5.41) is 6.58. The Hall–Kier alpha value is -4.32. The number of hydrogen-bond acceptors (Lipinski definition) is 8. The number of amides is 1. The lowest BCUT2D eigenvalue weighted by Crippen LogP contribution is -2.19. The molecule has 0 bridgehead atoms. The highest BCUT2D eigenvalue weighted by Crippen LogP contribution is 2.39. The number of aryl methyl sites for hydroxylation is 1. The van der Waals surface area contributed by atoms with E-state index in [9.17, 15) is 13.2 Å². The largest absolute Gasteiger partial charge is 0.492 e. The second kappa shape index (κ2) is 10.4. The number of nitrogens with one attached hydrogen (secondary N) is 3. The maximum Gasteiger partial charge on any atom is 0.272 e. The van der Waals surface area contributed by atoms with Crippen molar-refractivity contribution in [2.75, 3.05) is 35.8 Å². The van der Waals surface area contributed by atoms with E-state index in [1.54, 1.807) is 55.2 Å². The first-order chi connectivity index (χ1) is 18.3. The van der Waals surface area contributed by atoms with Crippen molar-refractivity contribution in [2.24, 2.45) is 7.05 Å². The molecule has 0 aliphatic rings. The Labute approximate surface area is 227 Å². The summed E-state index contributed by atoms with van der Waals surface area (Å²) in [5.74, 6) is 1.08. The highest BCUT2D eigenvalue weighted by molar-refractivity contribution is 7.92. The summed E-state index contributed by atoms with van der Waals surface area (Å²) in [6.45, 7) is 5.98. The lowest BCUT2D eigenvalue weighted by Gasteiger charge is -2.24. The summed E-state index contributed by atoms with van der Waals surface area (Å²) < 4.78 is 39.9. The number of ether oxygens (including phenoxy) is 2.